The Morgan fingerprint density at radius 3 is 2.62 bits per heavy atom. The van der Waals surface area contributed by atoms with Crippen LogP contribution < -0.4 is 14.2 Å². The summed E-state index contributed by atoms with van der Waals surface area (Å²) >= 11 is 6.09. The number of aliphatic hydroxyl groups excluding tert-OH is 1. The lowest BCUT2D eigenvalue weighted by molar-refractivity contribution is -0.0603. The van der Waals surface area contributed by atoms with Gasteiger partial charge in [-0.25, -0.2) is 13.1 Å². The molecule has 0 radical (unpaired) electrons. The van der Waals surface area contributed by atoms with Crippen LogP contribution in [0.2, 0.25) is 5.02 Å². The number of rotatable bonds is 10. The highest BCUT2D eigenvalue weighted by Crippen LogP contribution is 2.41. The first-order valence-electron chi connectivity index (χ1n) is 13.0. The number of hydrogen-bond acceptors (Lipinski definition) is 7. The number of nitrogens with one attached hydrogen (secondary N) is 1. The predicted octanol–water partition coefficient (Wildman–Crippen LogP) is 4.39. The molecule has 4 rings (SSSR count). The van der Waals surface area contributed by atoms with Gasteiger partial charge in [-0.2, -0.15) is 0 Å². The molecule has 1 amide bonds. The van der Waals surface area contributed by atoms with E-state index in [1.54, 1.807) is 43.1 Å². The van der Waals surface area contributed by atoms with Gasteiger partial charge in [0.2, 0.25) is 10.0 Å². The Morgan fingerprint density at radius 1 is 1.18 bits per heavy atom. The number of halogens is 1. The van der Waals surface area contributed by atoms with Gasteiger partial charge >= 0.3 is 0 Å². The number of fused-ring (bicyclic) bond motifs is 1. The third-order valence-electron chi connectivity index (χ3n) is 6.83. The van der Waals surface area contributed by atoms with Gasteiger partial charge in [-0.1, -0.05) is 24.6 Å². The fraction of sp³-hybridized carbons (Fsp3) is 0.379. The number of aromatic nitrogens is 1. The maximum Gasteiger partial charge on any atom is 0.253 e. The smallest absolute Gasteiger partial charge is 0.253 e. The maximum absolute atomic E-state index is 13.6. The highest BCUT2D eigenvalue weighted by Gasteiger charge is 2.45. The van der Waals surface area contributed by atoms with Crippen LogP contribution in [-0.2, 0) is 16.4 Å². The Balaban J connectivity index is 1.68. The number of methoxy groups -OCH3 is 1. The van der Waals surface area contributed by atoms with Crippen molar-refractivity contribution in [2.24, 2.45) is 0 Å². The summed E-state index contributed by atoms with van der Waals surface area (Å²) in [5.74, 6) is 0.260. The largest absolute Gasteiger partial charge is 0.495 e. The molecule has 1 aliphatic rings. The number of ether oxygens (including phenoxy) is 2. The van der Waals surface area contributed by atoms with Gasteiger partial charge in [0.15, 0.2) is 0 Å². The lowest BCUT2D eigenvalue weighted by Crippen LogP contribution is -2.53. The Hall–Kier alpha value is -3.18. The minimum absolute atomic E-state index is 0.102. The molecule has 1 aromatic heterocycles. The summed E-state index contributed by atoms with van der Waals surface area (Å²) in [6.07, 6.45) is 1.80. The van der Waals surface area contributed by atoms with Crippen molar-refractivity contribution in [3.63, 3.8) is 0 Å². The van der Waals surface area contributed by atoms with E-state index in [1.165, 1.54) is 25.3 Å². The number of hydrogen-bond donors (Lipinski definition) is 2. The molecule has 3 aromatic rings. The van der Waals surface area contributed by atoms with E-state index in [-0.39, 0.29) is 21.6 Å². The summed E-state index contributed by atoms with van der Waals surface area (Å²) in [5.41, 5.74) is 0.462. The number of carbonyl (C=O) groups is 1. The highest BCUT2D eigenvalue weighted by molar-refractivity contribution is 7.89. The van der Waals surface area contributed by atoms with Crippen LogP contribution in [0.4, 0.5) is 0 Å². The Bertz CT molecular complexity index is 1470. The van der Waals surface area contributed by atoms with Crippen LogP contribution in [-0.4, -0.2) is 61.2 Å². The Kier molecular flexibility index (Phi) is 9.04. The number of nitrogens with zero attached hydrogens (tertiary/aromatic N) is 2. The van der Waals surface area contributed by atoms with Crippen LogP contribution in [0.15, 0.2) is 65.7 Å². The van der Waals surface area contributed by atoms with Crippen molar-refractivity contribution in [2.45, 2.75) is 56.3 Å². The van der Waals surface area contributed by atoms with Crippen LogP contribution in [0.5, 0.6) is 11.5 Å². The van der Waals surface area contributed by atoms with Crippen molar-refractivity contribution >= 4 is 27.5 Å². The monoisotopic (exact) mass is 587 g/mol. The van der Waals surface area contributed by atoms with Crippen molar-refractivity contribution in [3.05, 3.63) is 82.6 Å². The summed E-state index contributed by atoms with van der Waals surface area (Å²) in [6, 6.07) is 13.7. The summed E-state index contributed by atoms with van der Waals surface area (Å²) in [6.45, 7) is 6.34. The average molecular weight is 588 g/mol. The summed E-state index contributed by atoms with van der Waals surface area (Å²) in [4.78, 5) is 19.5. The number of benzene rings is 2. The second kappa shape index (κ2) is 12.1. The van der Waals surface area contributed by atoms with Gasteiger partial charge < -0.3 is 19.5 Å². The molecule has 1 aliphatic heterocycles. The molecule has 0 saturated heterocycles. The molecule has 0 aliphatic carbocycles. The molecule has 2 atom stereocenters. The zero-order chi connectivity index (χ0) is 29.1. The molecule has 9 nitrogen and oxygen atoms in total. The molecule has 2 aromatic carbocycles. The molecule has 0 bridgehead atoms. The average Bonchev–Trinajstić information content (AvgIpc) is 2.93. The zero-order valence-electron chi connectivity index (χ0n) is 22.9. The van der Waals surface area contributed by atoms with Gasteiger partial charge in [-0.3, -0.25) is 9.78 Å². The normalized spacial score (nSPS) is 17.9. The zero-order valence-corrected chi connectivity index (χ0v) is 24.5. The predicted molar refractivity (Wildman–Crippen MR) is 152 cm³/mol. The first-order chi connectivity index (χ1) is 19.0. The first kappa shape index (κ1) is 29.8. The van der Waals surface area contributed by atoms with E-state index >= 15 is 0 Å². The molecule has 2 N–H and O–H groups in total. The molecule has 214 valence electrons. The van der Waals surface area contributed by atoms with E-state index in [0.29, 0.717) is 36.4 Å². The van der Waals surface area contributed by atoms with Gasteiger partial charge in [-0.05, 0) is 68.8 Å². The summed E-state index contributed by atoms with van der Waals surface area (Å²) in [5, 5.41) is 11.5. The maximum atomic E-state index is 13.6. The lowest BCUT2D eigenvalue weighted by Gasteiger charge is -2.42. The summed E-state index contributed by atoms with van der Waals surface area (Å²) < 4.78 is 41.0. The molecule has 0 saturated carbocycles. The van der Waals surface area contributed by atoms with Crippen LogP contribution in [0, 0.1) is 0 Å². The number of amides is 1. The van der Waals surface area contributed by atoms with Crippen LogP contribution in [0.3, 0.4) is 0 Å². The topological polar surface area (TPSA) is 118 Å². The van der Waals surface area contributed by atoms with Gasteiger partial charge in [0.05, 0.1) is 13.2 Å². The van der Waals surface area contributed by atoms with Gasteiger partial charge in [0.1, 0.15) is 28.1 Å². The highest BCUT2D eigenvalue weighted by atomic mass is 35.5. The number of aliphatic hydroxyl groups is 1. The second-order valence-electron chi connectivity index (χ2n) is 10.2. The SMILES string of the molecule is CCCN(CCc1ccccn1)C(=O)c1ccc2c(c1)[C@@H](NS(=O)(=O)c1cc(Cl)ccc1OC)[C@H](O)C(C)(C)O2. The molecule has 0 unspecified atom stereocenters. The number of sulfonamides is 1. The van der Waals surface area contributed by atoms with Crippen molar-refractivity contribution in [2.75, 3.05) is 20.2 Å². The summed E-state index contributed by atoms with van der Waals surface area (Å²) in [7, 11) is -2.87. The molecule has 2 heterocycles. The second-order valence-corrected chi connectivity index (χ2v) is 12.3. The Labute approximate surface area is 240 Å². The van der Waals surface area contributed by atoms with E-state index < -0.39 is 27.8 Å². The molecular formula is C29H34ClN3O6S. The van der Waals surface area contributed by atoms with Crippen LogP contribution in [0.25, 0.3) is 0 Å². The fourth-order valence-electron chi connectivity index (χ4n) is 4.71. The van der Waals surface area contributed by atoms with E-state index in [4.69, 9.17) is 21.1 Å². The Morgan fingerprint density at radius 2 is 1.95 bits per heavy atom. The third kappa shape index (κ3) is 6.41. The number of pyridine rings is 1. The molecule has 40 heavy (non-hydrogen) atoms. The van der Waals surface area contributed by atoms with Gasteiger partial charge in [-0.15, -0.1) is 0 Å². The van der Waals surface area contributed by atoms with Crippen molar-refractivity contribution in [3.8, 4) is 11.5 Å². The van der Waals surface area contributed by atoms with Crippen LogP contribution >= 0.6 is 11.6 Å². The van der Waals surface area contributed by atoms with E-state index in [0.717, 1.165) is 12.1 Å². The van der Waals surface area contributed by atoms with Gasteiger partial charge in [0, 0.05) is 47.6 Å². The van der Waals surface area contributed by atoms with E-state index in [2.05, 4.69) is 9.71 Å². The van der Waals surface area contributed by atoms with Crippen molar-refractivity contribution in [1.29, 1.82) is 0 Å². The molecule has 11 heteroatoms. The van der Waals surface area contributed by atoms with Crippen molar-refractivity contribution < 1.29 is 27.8 Å². The minimum atomic E-state index is -4.23. The van der Waals surface area contributed by atoms with Crippen molar-refractivity contribution in [1.82, 2.24) is 14.6 Å². The first-order valence-corrected chi connectivity index (χ1v) is 14.9. The quantitative estimate of drug-likeness (QED) is 0.361. The molecule has 0 fully saturated rings. The lowest BCUT2D eigenvalue weighted by atomic mass is 9.86. The minimum Gasteiger partial charge on any atom is -0.495 e. The van der Waals surface area contributed by atoms with Crippen LogP contribution in [0.1, 0.15) is 54.8 Å². The van der Waals surface area contributed by atoms with E-state index in [9.17, 15) is 18.3 Å². The van der Waals surface area contributed by atoms with Gasteiger partial charge in [0.25, 0.3) is 5.91 Å². The fourth-order valence-corrected chi connectivity index (χ4v) is 6.37. The standard InChI is InChI=1S/C29H34ClN3O6S/c1-5-15-33(16-13-21-8-6-7-14-31-21)28(35)19-9-11-23-22(17-19)26(27(34)29(2,3)39-23)32-40(36,37)25-18-20(30)10-12-24(25)38-4/h6-12,14,17-18,26-27,32,34H,5,13,15-16H2,1-4H3/t26-,27+/m1/s1. The number of carbonyl (C=O) groups excluding carboxylic acids is 1. The third-order valence-corrected chi connectivity index (χ3v) is 8.53. The van der Waals surface area contributed by atoms with E-state index in [1.807, 2.05) is 25.1 Å². The molecule has 0 spiro atoms. The molecular weight excluding hydrogens is 554 g/mol.